The van der Waals surface area contributed by atoms with Gasteiger partial charge in [-0.05, 0) is 44.5 Å². The van der Waals surface area contributed by atoms with E-state index in [1.807, 2.05) is 39.0 Å². The zero-order valence-corrected chi connectivity index (χ0v) is 12.2. The molecular formula is C18H15FO2. The molecule has 1 heterocycles. The zero-order chi connectivity index (χ0) is 15.1. The van der Waals surface area contributed by atoms with E-state index in [4.69, 9.17) is 4.42 Å². The zero-order valence-electron chi connectivity index (χ0n) is 12.2. The summed E-state index contributed by atoms with van der Waals surface area (Å²) in [4.78, 5) is 12.7. The van der Waals surface area contributed by atoms with Gasteiger partial charge >= 0.3 is 0 Å². The maximum atomic E-state index is 13.3. The van der Waals surface area contributed by atoms with Gasteiger partial charge in [0.05, 0.1) is 0 Å². The van der Waals surface area contributed by atoms with Gasteiger partial charge in [-0.25, -0.2) is 4.39 Å². The molecule has 1 aromatic heterocycles. The van der Waals surface area contributed by atoms with Crippen LogP contribution in [0.2, 0.25) is 0 Å². The minimum Gasteiger partial charge on any atom is -0.452 e. The van der Waals surface area contributed by atoms with Crippen molar-refractivity contribution in [2.75, 3.05) is 0 Å². The van der Waals surface area contributed by atoms with Gasteiger partial charge in [0.1, 0.15) is 11.4 Å². The molecule has 21 heavy (non-hydrogen) atoms. The summed E-state index contributed by atoms with van der Waals surface area (Å²) in [6.45, 7) is 5.66. The molecule has 3 rings (SSSR count). The van der Waals surface area contributed by atoms with E-state index in [-0.39, 0.29) is 17.4 Å². The molecule has 0 aliphatic carbocycles. The van der Waals surface area contributed by atoms with Crippen molar-refractivity contribution in [2.24, 2.45) is 0 Å². The molecule has 106 valence electrons. The van der Waals surface area contributed by atoms with Crippen LogP contribution >= 0.6 is 0 Å². The third kappa shape index (κ3) is 2.25. The molecule has 3 aromatic rings. The highest BCUT2D eigenvalue weighted by atomic mass is 19.1. The van der Waals surface area contributed by atoms with E-state index in [1.165, 1.54) is 12.1 Å². The lowest BCUT2D eigenvalue weighted by Gasteiger charge is -2.05. The van der Waals surface area contributed by atoms with E-state index in [9.17, 15) is 9.18 Å². The van der Waals surface area contributed by atoms with Crippen LogP contribution in [0.1, 0.15) is 32.8 Å². The van der Waals surface area contributed by atoms with Crippen molar-refractivity contribution in [2.45, 2.75) is 20.8 Å². The summed E-state index contributed by atoms with van der Waals surface area (Å²) in [6.07, 6.45) is 0. The molecule has 0 amide bonds. The molecule has 2 nitrogen and oxygen atoms in total. The summed E-state index contributed by atoms with van der Waals surface area (Å²) < 4.78 is 18.9. The fourth-order valence-electron chi connectivity index (χ4n) is 2.52. The van der Waals surface area contributed by atoms with Gasteiger partial charge in [-0.3, -0.25) is 4.79 Å². The monoisotopic (exact) mass is 282 g/mol. The average molecular weight is 282 g/mol. The summed E-state index contributed by atoms with van der Waals surface area (Å²) in [6, 6.07) is 10.1. The number of carbonyl (C=O) groups is 1. The number of rotatable bonds is 2. The Bertz CT molecular complexity index is 859. The van der Waals surface area contributed by atoms with E-state index in [2.05, 4.69) is 0 Å². The first-order valence-corrected chi connectivity index (χ1v) is 6.78. The molecule has 3 heteroatoms. The Labute approximate surface area is 122 Å². The Balaban J connectivity index is 2.18. The number of fused-ring (bicyclic) bond motifs is 1. The van der Waals surface area contributed by atoms with Crippen molar-refractivity contribution in [3.63, 3.8) is 0 Å². The molecule has 0 N–H and O–H groups in total. The van der Waals surface area contributed by atoms with Crippen molar-refractivity contribution in [3.05, 3.63) is 70.2 Å². The predicted octanol–water partition coefficient (Wildman–Crippen LogP) is 4.73. The number of furan rings is 1. The highest BCUT2D eigenvalue weighted by Crippen LogP contribution is 2.28. The standard InChI is InChI=1S/C18H15FO2/c1-10-4-5-11(2)15(8-10)17(20)18-12(3)14-7-6-13(19)9-16(14)21-18/h4-9H,1-3H3. The number of ketones is 1. The molecule has 0 spiro atoms. The Kier molecular flexibility index (Phi) is 3.13. The Morgan fingerprint density at radius 1 is 1.05 bits per heavy atom. The quantitative estimate of drug-likeness (QED) is 0.636. The number of hydrogen-bond donors (Lipinski definition) is 0. The third-order valence-corrected chi connectivity index (χ3v) is 3.74. The second-order valence-corrected chi connectivity index (χ2v) is 5.34. The van der Waals surface area contributed by atoms with Crippen LogP contribution in [0.25, 0.3) is 11.0 Å². The Morgan fingerprint density at radius 2 is 1.81 bits per heavy atom. The SMILES string of the molecule is Cc1ccc(C)c(C(=O)c2oc3cc(F)ccc3c2C)c1. The maximum absolute atomic E-state index is 13.3. The van der Waals surface area contributed by atoms with E-state index < -0.39 is 0 Å². The van der Waals surface area contributed by atoms with Crippen LogP contribution in [-0.4, -0.2) is 5.78 Å². The van der Waals surface area contributed by atoms with E-state index >= 15 is 0 Å². The van der Waals surface area contributed by atoms with Crippen molar-refractivity contribution >= 4 is 16.8 Å². The largest absolute Gasteiger partial charge is 0.452 e. The second kappa shape index (κ2) is 4.85. The predicted molar refractivity (Wildman–Crippen MR) is 80.3 cm³/mol. The molecule has 2 aromatic carbocycles. The first-order chi connectivity index (χ1) is 9.97. The lowest BCUT2D eigenvalue weighted by molar-refractivity contribution is 0.101. The van der Waals surface area contributed by atoms with Crippen molar-refractivity contribution in [3.8, 4) is 0 Å². The molecule has 0 radical (unpaired) electrons. The molecule has 0 saturated carbocycles. The molecule has 0 aliphatic rings. The lowest BCUT2D eigenvalue weighted by Crippen LogP contribution is -2.04. The smallest absolute Gasteiger partial charge is 0.228 e. The molecule has 0 unspecified atom stereocenters. The van der Waals surface area contributed by atoms with E-state index in [0.29, 0.717) is 11.1 Å². The fraction of sp³-hybridized carbons (Fsp3) is 0.167. The van der Waals surface area contributed by atoms with Crippen LogP contribution in [0.3, 0.4) is 0 Å². The number of hydrogen-bond acceptors (Lipinski definition) is 2. The highest BCUT2D eigenvalue weighted by molar-refractivity contribution is 6.11. The van der Waals surface area contributed by atoms with Gasteiger partial charge in [0.15, 0.2) is 5.76 Å². The van der Waals surface area contributed by atoms with Gasteiger partial charge < -0.3 is 4.42 Å². The third-order valence-electron chi connectivity index (χ3n) is 3.74. The number of carbonyl (C=O) groups excluding carboxylic acids is 1. The summed E-state index contributed by atoms with van der Waals surface area (Å²) >= 11 is 0. The van der Waals surface area contributed by atoms with E-state index in [0.717, 1.165) is 22.1 Å². The van der Waals surface area contributed by atoms with Crippen molar-refractivity contribution in [1.29, 1.82) is 0 Å². The van der Waals surface area contributed by atoms with Gasteiger partial charge in [0, 0.05) is 22.6 Å². The number of aryl methyl sites for hydroxylation is 3. The lowest BCUT2D eigenvalue weighted by atomic mass is 9.99. The van der Waals surface area contributed by atoms with Gasteiger partial charge in [-0.2, -0.15) is 0 Å². The highest BCUT2D eigenvalue weighted by Gasteiger charge is 2.20. The van der Waals surface area contributed by atoms with Crippen LogP contribution in [0.15, 0.2) is 40.8 Å². The maximum Gasteiger partial charge on any atom is 0.228 e. The molecule has 0 fully saturated rings. The molecule has 0 atom stereocenters. The van der Waals surface area contributed by atoms with Crippen LogP contribution in [0.4, 0.5) is 4.39 Å². The Morgan fingerprint density at radius 3 is 2.57 bits per heavy atom. The minimum atomic E-state index is -0.373. The van der Waals surface area contributed by atoms with Gasteiger partial charge in [-0.1, -0.05) is 17.7 Å². The topological polar surface area (TPSA) is 30.2 Å². The summed E-state index contributed by atoms with van der Waals surface area (Å²) in [5.74, 6) is -0.253. The first kappa shape index (κ1) is 13.6. The van der Waals surface area contributed by atoms with Crippen LogP contribution in [-0.2, 0) is 0 Å². The van der Waals surface area contributed by atoms with Gasteiger partial charge in [0.25, 0.3) is 0 Å². The molecule has 0 aliphatic heterocycles. The normalized spacial score (nSPS) is 11.0. The summed E-state index contributed by atoms with van der Waals surface area (Å²) in [5, 5.41) is 0.769. The fourth-order valence-corrected chi connectivity index (χ4v) is 2.52. The van der Waals surface area contributed by atoms with Crippen LogP contribution in [0, 0.1) is 26.6 Å². The van der Waals surface area contributed by atoms with Gasteiger partial charge in [-0.15, -0.1) is 0 Å². The van der Waals surface area contributed by atoms with Gasteiger partial charge in [0.2, 0.25) is 5.78 Å². The molecule has 0 bridgehead atoms. The van der Waals surface area contributed by atoms with E-state index in [1.54, 1.807) is 6.07 Å². The summed E-state index contributed by atoms with van der Waals surface area (Å²) in [7, 11) is 0. The van der Waals surface area contributed by atoms with Crippen LogP contribution in [0.5, 0.6) is 0 Å². The molecular weight excluding hydrogens is 267 g/mol. The molecule has 0 saturated heterocycles. The number of benzene rings is 2. The van der Waals surface area contributed by atoms with Crippen LogP contribution < -0.4 is 0 Å². The van der Waals surface area contributed by atoms with Crippen molar-refractivity contribution in [1.82, 2.24) is 0 Å². The summed E-state index contributed by atoms with van der Waals surface area (Å²) in [5.41, 5.74) is 3.69. The minimum absolute atomic E-state index is 0.162. The number of halogens is 1. The Hall–Kier alpha value is -2.42. The van der Waals surface area contributed by atoms with Crippen molar-refractivity contribution < 1.29 is 13.6 Å². The first-order valence-electron chi connectivity index (χ1n) is 6.78. The average Bonchev–Trinajstić information content (AvgIpc) is 2.77. The second-order valence-electron chi connectivity index (χ2n) is 5.34.